The van der Waals surface area contributed by atoms with Crippen molar-refractivity contribution >= 4 is 34.2 Å². The van der Waals surface area contributed by atoms with Crippen LogP contribution >= 0.6 is 22.6 Å². The van der Waals surface area contributed by atoms with Gasteiger partial charge in [-0.05, 0) is 47.3 Å². The maximum atomic E-state index is 12.6. The van der Waals surface area contributed by atoms with Crippen LogP contribution in [0, 0.1) is 13.7 Å². The summed E-state index contributed by atoms with van der Waals surface area (Å²) in [6.45, 7) is 6.33. The van der Waals surface area contributed by atoms with Crippen LogP contribution < -0.4 is 5.32 Å². The number of halogens is 1. The fourth-order valence-electron chi connectivity index (χ4n) is 2.88. The van der Waals surface area contributed by atoms with E-state index in [1.54, 1.807) is 6.07 Å². The van der Waals surface area contributed by atoms with E-state index in [0.29, 0.717) is 15.7 Å². The highest BCUT2D eigenvalue weighted by Crippen LogP contribution is 2.22. The molecule has 0 heterocycles. The quantitative estimate of drug-likeness (QED) is 0.362. The van der Waals surface area contributed by atoms with E-state index in [1.165, 1.54) is 12.1 Å². The van der Waals surface area contributed by atoms with Gasteiger partial charge in [0, 0.05) is 22.2 Å². The Morgan fingerprint density at radius 1 is 1.19 bits per heavy atom. The maximum absolute atomic E-state index is 12.6. The number of carbonyl (C=O) groups is 1. The van der Waals surface area contributed by atoms with Crippen molar-refractivity contribution < 1.29 is 9.72 Å². The molecule has 0 bridgehead atoms. The molecule has 0 aromatic heterocycles. The number of carbonyl (C=O) groups excluding carboxylic acids is 1. The van der Waals surface area contributed by atoms with Crippen LogP contribution in [0.4, 0.5) is 5.69 Å². The zero-order valence-electron chi connectivity index (χ0n) is 14.8. The lowest BCUT2D eigenvalue weighted by Crippen LogP contribution is -2.38. The topological polar surface area (TPSA) is 75.5 Å². The zero-order chi connectivity index (χ0) is 19.1. The minimum Gasteiger partial charge on any atom is -0.350 e. The SMILES string of the molecule is CCN(CC)C(CNC(=O)c1cc([N+](=O)[O-])ccc1I)c1ccccc1. The van der Waals surface area contributed by atoms with Crippen LogP contribution in [0.5, 0.6) is 0 Å². The molecule has 7 heteroatoms. The third-order valence-corrected chi connectivity index (χ3v) is 5.24. The van der Waals surface area contributed by atoms with Crippen LogP contribution in [0.2, 0.25) is 0 Å². The molecular weight excluding hydrogens is 445 g/mol. The van der Waals surface area contributed by atoms with Gasteiger partial charge in [0.15, 0.2) is 0 Å². The van der Waals surface area contributed by atoms with Gasteiger partial charge in [-0.2, -0.15) is 0 Å². The summed E-state index contributed by atoms with van der Waals surface area (Å²) in [7, 11) is 0. The van der Waals surface area contributed by atoms with Gasteiger partial charge in [0.05, 0.1) is 16.5 Å². The lowest BCUT2D eigenvalue weighted by molar-refractivity contribution is -0.384. The second kappa shape index (κ2) is 9.63. The van der Waals surface area contributed by atoms with Crippen molar-refractivity contribution in [2.24, 2.45) is 0 Å². The number of rotatable bonds is 8. The average molecular weight is 467 g/mol. The van der Waals surface area contributed by atoms with Gasteiger partial charge in [0.2, 0.25) is 0 Å². The van der Waals surface area contributed by atoms with Crippen LogP contribution in [-0.4, -0.2) is 35.4 Å². The molecule has 2 aromatic rings. The Balaban J connectivity index is 2.19. The van der Waals surface area contributed by atoms with E-state index in [1.807, 2.05) is 52.9 Å². The van der Waals surface area contributed by atoms with Crippen molar-refractivity contribution in [3.63, 3.8) is 0 Å². The van der Waals surface area contributed by atoms with Crippen molar-refractivity contribution in [3.8, 4) is 0 Å². The van der Waals surface area contributed by atoms with Gasteiger partial charge in [0.1, 0.15) is 0 Å². The smallest absolute Gasteiger partial charge is 0.270 e. The number of hydrogen-bond acceptors (Lipinski definition) is 4. The van der Waals surface area contributed by atoms with Crippen LogP contribution in [0.1, 0.15) is 35.8 Å². The summed E-state index contributed by atoms with van der Waals surface area (Å²) in [5, 5.41) is 13.9. The first-order chi connectivity index (χ1) is 12.5. The average Bonchev–Trinajstić information content (AvgIpc) is 2.65. The summed E-state index contributed by atoms with van der Waals surface area (Å²) in [6, 6.07) is 14.4. The van der Waals surface area contributed by atoms with E-state index in [-0.39, 0.29) is 17.6 Å². The minimum atomic E-state index is -0.491. The molecule has 0 radical (unpaired) electrons. The van der Waals surface area contributed by atoms with Crippen LogP contribution in [0.25, 0.3) is 0 Å². The number of non-ortho nitro benzene ring substituents is 1. The summed E-state index contributed by atoms with van der Waals surface area (Å²) in [5.74, 6) is -0.300. The Morgan fingerprint density at radius 3 is 2.42 bits per heavy atom. The normalized spacial score (nSPS) is 12.0. The molecule has 1 N–H and O–H groups in total. The third-order valence-electron chi connectivity index (χ3n) is 4.30. The molecule has 26 heavy (non-hydrogen) atoms. The molecule has 6 nitrogen and oxygen atoms in total. The molecule has 1 atom stereocenters. The van der Waals surface area contributed by atoms with E-state index >= 15 is 0 Å². The lowest BCUT2D eigenvalue weighted by atomic mass is 10.0. The van der Waals surface area contributed by atoms with Gasteiger partial charge in [-0.3, -0.25) is 19.8 Å². The molecule has 0 aliphatic carbocycles. The molecule has 0 spiro atoms. The van der Waals surface area contributed by atoms with E-state index < -0.39 is 4.92 Å². The monoisotopic (exact) mass is 467 g/mol. The van der Waals surface area contributed by atoms with Gasteiger partial charge in [-0.25, -0.2) is 0 Å². The third kappa shape index (κ3) is 5.01. The Kier molecular flexibility index (Phi) is 7.52. The minimum absolute atomic E-state index is 0.0477. The van der Waals surface area contributed by atoms with Crippen LogP contribution in [0.3, 0.4) is 0 Å². The molecule has 0 saturated heterocycles. The molecule has 138 valence electrons. The fraction of sp³-hybridized carbons (Fsp3) is 0.316. The molecule has 1 unspecified atom stereocenters. The summed E-state index contributed by atoms with van der Waals surface area (Å²) in [4.78, 5) is 25.4. The lowest BCUT2D eigenvalue weighted by Gasteiger charge is -2.30. The highest BCUT2D eigenvalue weighted by molar-refractivity contribution is 14.1. The molecule has 0 aliphatic heterocycles. The Morgan fingerprint density at radius 2 is 1.85 bits per heavy atom. The second-order valence-corrected chi connectivity index (χ2v) is 6.94. The number of likely N-dealkylation sites (N-methyl/N-ethyl adjacent to an activating group) is 1. The summed E-state index contributed by atoms with van der Waals surface area (Å²) in [5.41, 5.74) is 1.37. The molecule has 1 amide bonds. The molecule has 2 aromatic carbocycles. The number of nitrogens with one attached hydrogen (secondary N) is 1. The highest BCUT2D eigenvalue weighted by atomic mass is 127. The fourth-order valence-corrected chi connectivity index (χ4v) is 3.46. The van der Waals surface area contributed by atoms with Gasteiger partial charge < -0.3 is 5.32 Å². The number of nitrogens with zero attached hydrogens (tertiary/aromatic N) is 2. The van der Waals surface area contributed by atoms with E-state index in [0.717, 1.165) is 18.7 Å². The maximum Gasteiger partial charge on any atom is 0.270 e. The first kappa shape index (κ1) is 20.3. The van der Waals surface area contributed by atoms with Gasteiger partial charge in [0.25, 0.3) is 11.6 Å². The van der Waals surface area contributed by atoms with E-state index in [2.05, 4.69) is 24.1 Å². The number of hydrogen-bond donors (Lipinski definition) is 1. The first-order valence-electron chi connectivity index (χ1n) is 8.49. The van der Waals surface area contributed by atoms with Crippen LogP contribution in [-0.2, 0) is 0 Å². The Bertz CT molecular complexity index is 764. The predicted octanol–water partition coefficient (Wildman–Crippen LogP) is 4.01. The summed E-state index contributed by atoms with van der Waals surface area (Å²) in [6.07, 6.45) is 0. The first-order valence-corrected chi connectivity index (χ1v) is 9.56. The van der Waals surface area contributed by atoms with Crippen molar-refractivity contribution in [2.75, 3.05) is 19.6 Å². The van der Waals surface area contributed by atoms with Crippen molar-refractivity contribution in [3.05, 3.63) is 73.3 Å². The number of nitro groups is 1. The molecular formula is C19H22IN3O3. The standard InChI is InChI=1S/C19H22IN3O3/c1-3-22(4-2)18(14-8-6-5-7-9-14)13-21-19(24)16-12-15(23(25)26)10-11-17(16)20/h5-12,18H,3-4,13H2,1-2H3,(H,21,24). The van der Waals surface area contributed by atoms with Crippen LogP contribution in [0.15, 0.2) is 48.5 Å². The van der Waals surface area contributed by atoms with Gasteiger partial charge in [-0.15, -0.1) is 0 Å². The summed E-state index contributed by atoms with van der Waals surface area (Å²) >= 11 is 2.02. The Hall–Kier alpha value is -2.00. The highest BCUT2D eigenvalue weighted by Gasteiger charge is 2.21. The van der Waals surface area contributed by atoms with Gasteiger partial charge in [-0.1, -0.05) is 44.2 Å². The number of nitro benzene ring substituents is 1. The number of amides is 1. The van der Waals surface area contributed by atoms with E-state index in [9.17, 15) is 14.9 Å². The largest absolute Gasteiger partial charge is 0.350 e. The Labute approximate surface area is 166 Å². The van der Waals surface area contributed by atoms with Crippen molar-refractivity contribution in [1.82, 2.24) is 10.2 Å². The van der Waals surface area contributed by atoms with Gasteiger partial charge >= 0.3 is 0 Å². The molecule has 0 aliphatic rings. The second-order valence-electron chi connectivity index (χ2n) is 5.78. The zero-order valence-corrected chi connectivity index (χ0v) is 17.0. The van der Waals surface area contributed by atoms with Crippen molar-refractivity contribution in [1.29, 1.82) is 0 Å². The molecule has 2 rings (SSSR count). The summed E-state index contributed by atoms with van der Waals surface area (Å²) < 4.78 is 0.685. The molecule has 0 saturated carbocycles. The van der Waals surface area contributed by atoms with E-state index in [4.69, 9.17) is 0 Å². The van der Waals surface area contributed by atoms with Crippen molar-refractivity contribution in [2.45, 2.75) is 19.9 Å². The number of benzene rings is 2. The predicted molar refractivity (Wildman–Crippen MR) is 110 cm³/mol. The molecule has 0 fully saturated rings.